The highest BCUT2D eigenvalue weighted by Gasteiger charge is 2.45. The fraction of sp³-hybridized carbons (Fsp3) is 0.357. The monoisotopic (exact) mass is 549 g/mol. The number of carboxylic acids is 1. The lowest BCUT2D eigenvalue weighted by Crippen LogP contribution is -2.51. The molecule has 1 fully saturated rings. The molecule has 202 valence electrons. The molecule has 38 heavy (non-hydrogen) atoms. The van der Waals surface area contributed by atoms with Gasteiger partial charge in [-0.3, -0.25) is 4.79 Å². The molecular weight excluding hydrogens is 523 g/mol. The van der Waals surface area contributed by atoms with Crippen LogP contribution in [0.2, 0.25) is 5.02 Å². The summed E-state index contributed by atoms with van der Waals surface area (Å²) in [5.41, 5.74) is 0.139. The molecule has 0 aromatic heterocycles. The molecule has 0 bridgehead atoms. The van der Waals surface area contributed by atoms with E-state index >= 15 is 0 Å². The van der Waals surface area contributed by atoms with E-state index in [-0.39, 0.29) is 23.7 Å². The molecule has 0 radical (unpaired) electrons. The first-order chi connectivity index (χ1) is 18.0. The Hall–Kier alpha value is -3.46. The van der Waals surface area contributed by atoms with Crippen molar-refractivity contribution in [1.82, 2.24) is 5.32 Å². The number of hydrogen-bond donors (Lipinski definition) is 2. The Balaban J connectivity index is 1.64. The molecule has 1 amide bonds. The molecule has 2 N–H and O–H groups in total. The van der Waals surface area contributed by atoms with E-state index < -0.39 is 29.7 Å². The van der Waals surface area contributed by atoms with Gasteiger partial charge in [0.25, 0.3) is 5.91 Å². The number of ether oxygens (including phenoxy) is 2. The van der Waals surface area contributed by atoms with Gasteiger partial charge in [-0.1, -0.05) is 55.6 Å². The molecule has 1 atom stereocenters. The molecule has 1 saturated carbocycles. The van der Waals surface area contributed by atoms with Crippen LogP contribution in [-0.2, 0) is 11.4 Å². The quantitative estimate of drug-likeness (QED) is 0.297. The van der Waals surface area contributed by atoms with E-state index in [1.807, 2.05) is 6.92 Å². The van der Waals surface area contributed by atoms with Crippen LogP contribution in [0.15, 0.2) is 54.6 Å². The van der Waals surface area contributed by atoms with Crippen LogP contribution in [0.25, 0.3) is 10.8 Å². The van der Waals surface area contributed by atoms with Crippen molar-refractivity contribution in [3.63, 3.8) is 0 Å². The molecule has 0 unspecified atom stereocenters. The number of halogens is 4. The van der Waals surface area contributed by atoms with E-state index in [0.29, 0.717) is 35.2 Å². The van der Waals surface area contributed by atoms with Crippen molar-refractivity contribution in [1.29, 1.82) is 0 Å². The number of carbonyl (C=O) groups is 2. The number of fused-ring (bicyclic) bond motifs is 1. The molecule has 0 heterocycles. The molecule has 0 aliphatic heterocycles. The smallest absolute Gasteiger partial charge is 0.487 e. The van der Waals surface area contributed by atoms with E-state index in [0.717, 1.165) is 18.2 Å². The van der Waals surface area contributed by atoms with Crippen molar-refractivity contribution in [3.8, 4) is 11.5 Å². The van der Waals surface area contributed by atoms with Crippen molar-refractivity contribution in [3.05, 3.63) is 70.7 Å². The maximum absolute atomic E-state index is 13.5. The largest absolute Gasteiger partial charge is 0.573 e. The lowest BCUT2D eigenvalue weighted by Gasteiger charge is -2.34. The molecule has 1 aliphatic rings. The maximum Gasteiger partial charge on any atom is 0.573 e. The minimum atomic E-state index is -4.80. The summed E-state index contributed by atoms with van der Waals surface area (Å²) in [4.78, 5) is 25.7. The number of alkyl halides is 3. The van der Waals surface area contributed by atoms with Gasteiger partial charge in [0, 0.05) is 15.8 Å². The zero-order valence-electron chi connectivity index (χ0n) is 20.6. The van der Waals surface area contributed by atoms with Gasteiger partial charge >= 0.3 is 12.3 Å². The maximum atomic E-state index is 13.5. The number of carboxylic acid groups (broad SMARTS) is 1. The van der Waals surface area contributed by atoms with E-state index in [2.05, 4.69) is 10.1 Å². The van der Waals surface area contributed by atoms with Crippen molar-refractivity contribution in [2.75, 3.05) is 0 Å². The van der Waals surface area contributed by atoms with Crippen LogP contribution in [0.1, 0.15) is 54.9 Å². The van der Waals surface area contributed by atoms with Gasteiger partial charge in [0.05, 0.1) is 5.56 Å². The van der Waals surface area contributed by atoms with Crippen molar-refractivity contribution in [2.45, 2.75) is 58.0 Å². The molecule has 4 rings (SSSR count). The van der Waals surface area contributed by atoms with Gasteiger partial charge in [0.15, 0.2) is 0 Å². The predicted molar refractivity (Wildman–Crippen MR) is 136 cm³/mol. The SMILES string of the molecule is CCC1([C@H](NC(=O)c2ccc3ccc(Cl)cc3c2OCc2ccc(OC(F)(F)F)cc2)C(=O)O)CCCC1. The highest BCUT2D eigenvalue weighted by molar-refractivity contribution is 6.31. The lowest BCUT2D eigenvalue weighted by molar-refractivity contribution is -0.274. The predicted octanol–water partition coefficient (Wildman–Crippen LogP) is 7.12. The van der Waals surface area contributed by atoms with Crippen LogP contribution >= 0.6 is 11.6 Å². The Bertz CT molecular complexity index is 1320. The van der Waals surface area contributed by atoms with Crippen LogP contribution < -0.4 is 14.8 Å². The Morgan fingerprint density at radius 2 is 1.74 bits per heavy atom. The van der Waals surface area contributed by atoms with Crippen molar-refractivity contribution >= 4 is 34.2 Å². The van der Waals surface area contributed by atoms with Crippen LogP contribution in [0.4, 0.5) is 13.2 Å². The van der Waals surface area contributed by atoms with Gasteiger partial charge in [-0.15, -0.1) is 13.2 Å². The van der Waals surface area contributed by atoms with Gasteiger partial charge < -0.3 is 19.9 Å². The van der Waals surface area contributed by atoms with E-state index in [4.69, 9.17) is 16.3 Å². The number of nitrogens with one attached hydrogen (secondary N) is 1. The summed E-state index contributed by atoms with van der Waals surface area (Å²) in [6, 6.07) is 12.5. The second-order valence-corrected chi connectivity index (χ2v) is 9.89. The molecule has 3 aromatic rings. The van der Waals surface area contributed by atoms with Gasteiger partial charge in [-0.25, -0.2) is 4.79 Å². The molecular formula is C28H27ClF3NO5. The number of amides is 1. The van der Waals surface area contributed by atoms with Gasteiger partial charge in [-0.05, 0) is 60.5 Å². The lowest BCUT2D eigenvalue weighted by atomic mass is 9.76. The third-order valence-corrected chi connectivity index (χ3v) is 7.39. The summed E-state index contributed by atoms with van der Waals surface area (Å²) in [7, 11) is 0. The molecule has 0 spiro atoms. The number of aliphatic carboxylic acids is 1. The summed E-state index contributed by atoms with van der Waals surface area (Å²) < 4.78 is 47.3. The van der Waals surface area contributed by atoms with Crippen molar-refractivity contribution in [2.24, 2.45) is 5.41 Å². The van der Waals surface area contributed by atoms with Crippen LogP contribution in [0.5, 0.6) is 11.5 Å². The summed E-state index contributed by atoms with van der Waals surface area (Å²) in [6.45, 7) is 1.87. The van der Waals surface area contributed by atoms with Gasteiger partial charge in [0.2, 0.25) is 0 Å². The van der Waals surface area contributed by atoms with Crippen LogP contribution in [-0.4, -0.2) is 29.4 Å². The van der Waals surface area contributed by atoms with E-state index in [9.17, 15) is 27.9 Å². The van der Waals surface area contributed by atoms with E-state index in [1.54, 1.807) is 30.3 Å². The van der Waals surface area contributed by atoms with E-state index in [1.165, 1.54) is 24.3 Å². The van der Waals surface area contributed by atoms with Gasteiger partial charge in [0.1, 0.15) is 24.1 Å². The zero-order valence-corrected chi connectivity index (χ0v) is 21.4. The molecule has 6 nitrogen and oxygen atoms in total. The first kappa shape index (κ1) is 27.6. The summed E-state index contributed by atoms with van der Waals surface area (Å²) in [5.74, 6) is -1.86. The number of rotatable bonds is 9. The number of carbonyl (C=O) groups excluding carboxylic acids is 1. The van der Waals surface area contributed by atoms with Crippen LogP contribution in [0.3, 0.4) is 0 Å². The molecule has 1 aliphatic carbocycles. The second-order valence-electron chi connectivity index (χ2n) is 9.46. The summed E-state index contributed by atoms with van der Waals surface area (Å²) >= 11 is 6.22. The minimum absolute atomic E-state index is 0.0700. The standard InChI is InChI=1S/C28H27ClF3NO5/c1-2-27(13-3-4-14-27)24(26(35)36)33-25(34)21-12-8-18-7-9-19(29)15-22(18)23(21)37-16-17-5-10-20(11-6-17)38-28(30,31)32/h5-12,15,24H,2-4,13-14,16H2,1H3,(H,33,34)(H,35,36)/t24-/m1/s1. The molecule has 0 saturated heterocycles. The summed E-state index contributed by atoms with van der Waals surface area (Å²) in [6.07, 6.45) is -0.941. The normalized spacial score (nSPS) is 15.7. The molecule has 3 aromatic carbocycles. The summed E-state index contributed by atoms with van der Waals surface area (Å²) in [5, 5.41) is 14.4. The number of hydrogen-bond acceptors (Lipinski definition) is 4. The second kappa shape index (κ2) is 11.1. The highest BCUT2D eigenvalue weighted by Crippen LogP contribution is 2.44. The number of benzene rings is 3. The Morgan fingerprint density at radius 3 is 2.34 bits per heavy atom. The topological polar surface area (TPSA) is 84.9 Å². The fourth-order valence-corrected chi connectivity index (χ4v) is 5.32. The Morgan fingerprint density at radius 1 is 1.08 bits per heavy atom. The Kier molecular flexibility index (Phi) is 8.06. The fourth-order valence-electron chi connectivity index (χ4n) is 5.15. The minimum Gasteiger partial charge on any atom is -0.487 e. The third kappa shape index (κ3) is 6.15. The van der Waals surface area contributed by atoms with Crippen molar-refractivity contribution < 1.29 is 37.3 Å². The zero-order chi connectivity index (χ0) is 27.5. The first-order valence-corrected chi connectivity index (χ1v) is 12.6. The Labute approximate surface area is 222 Å². The highest BCUT2D eigenvalue weighted by atomic mass is 35.5. The first-order valence-electron chi connectivity index (χ1n) is 12.2. The van der Waals surface area contributed by atoms with Crippen LogP contribution in [0, 0.1) is 5.41 Å². The molecule has 10 heteroatoms. The average molecular weight is 550 g/mol. The van der Waals surface area contributed by atoms with Gasteiger partial charge in [-0.2, -0.15) is 0 Å². The average Bonchev–Trinajstić information content (AvgIpc) is 3.35. The third-order valence-electron chi connectivity index (χ3n) is 7.16.